The van der Waals surface area contributed by atoms with Crippen molar-refractivity contribution in [2.75, 3.05) is 13.7 Å². The van der Waals surface area contributed by atoms with Crippen molar-refractivity contribution in [2.45, 2.75) is 19.8 Å². The van der Waals surface area contributed by atoms with Crippen molar-refractivity contribution in [3.05, 3.63) is 47.8 Å². The third kappa shape index (κ3) is 4.64. The highest BCUT2D eigenvalue weighted by atomic mass is 32.2. The molecule has 2 aromatic heterocycles. The Hall–Kier alpha value is -3.11. The van der Waals surface area contributed by atoms with Gasteiger partial charge in [-0.1, -0.05) is 0 Å². The van der Waals surface area contributed by atoms with E-state index < -0.39 is 16.1 Å². The molecular formula is C21H25N5O4S. The van der Waals surface area contributed by atoms with Crippen molar-refractivity contribution >= 4 is 33.1 Å². The monoisotopic (exact) mass is 443 g/mol. The second kappa shape index (κ2) is 8.20. The summed E-state index contributed by atoms with van der Waals surface area (Å²) in [4.78, 5) is 12.2. The zero-order valence-electron chi connectivity index (χ0n) is 17.6. The molecule has 9 nitrogen and oxygen atoms in total. The van der Waals surface area contributed by atoms with Gasteiger partial charge < -0.3 is 9.30 Å². The number of aryl methyl sites for hydroxylation is 2. The number of nitrogens with one attached hydrogen (secondary N) is 2. The fraction of sp³-hybridized carbons (Fsp3) is 0.333. The van der Waals surface area contributed by atoms with Crippen LogP contribution in [0.3, 0.4) is 0 Å². The minimum Gasteiger partial charge on any atom is -0.497 e. The molecule has 1 saturated carbocycles. The second-order valence-corrected chi connectivity index (χ2v) is 9.15. The van der Waals surface area contributed by atoms with E-state index in [0.29, 0.717) is 23.7 Å². The average molecular weight is 444 g/mol. The number of carbonyl (C=O) groups is 1. The molecule has 0 spiro atoms. The molecule has 1 aromatic carbocycles. The minimum absolute atomic E-state index is 0.350. The van der Waals surface area contributed by atoms with E-state index in [2.05, 4.69) is 9.82 Å². The summed E-state index contributed by atoms with van der Waals surface area (Å²) in [7, 11) is -0.444. The smallest absolute Gasteiger partial charge is 0.301 e. The first kappa shape index (κ1) is 21.1. The SMILES string of the molecule is COc1ccc2ccn(-c3c(C=CC(=O)NS(=O)(=O)NCC4CC4)c(C)nn3C)c2c1. The van der Waals surface area contributed by atoms with Crippen LogP contribution < -0.4 is 14.2 Å². The summed E-state index contributed by atoms with van der Waals surface area (Å²) in [6.45, 7) is 2.18. The van der Waals surface area contributed by atoms with Gasteiger partial charge in [0.2, 0.25) is 0 Å². The molecule has 0 bridgehead atoms. The number of fused-ring (bicyclic) bond motifs is 1. The summed E-state index contributed by atoms with van der Waals surface area (Å²) < 4.78 is 37.5. The van der Waals surface area contributed by atoms with Crippen LogP contribution in [-0.4, -0.2) is 42.3 Å². The Balaban J connectivity index is 1.61. The van der Waals surface area contributed by atoms with Crippen molar-refractivity contribution in [3.8, 4) is 11.6 Å². The molecule has 2 heterocycles. The van der Waals surface area contributed by atoms with E-state index >= 15 is 0 Å². The number of hydrogen-bond acceptors (Lipinski definition) is 5. The second-order valence-electron chi connectivity index (χ2n) is 7.65. The van der Waals surface area contributed by atoms with Crippen LogP contribution in [0, 0.1) is 12.8 Å². The van der Waals surface area contributed by atoms with Gasteiger partial charge in [-0.2, -0.15) is 18.2 Å². The van der Waals surface area contributed by atoms with Crippen molar-refractivity contribution in [3.63, 3.8) is 0 Å². The molecule has 2 N–H and O–H groups in total. The Labute approximate surface area is 180 Å². The van der Waals surface area contributed by atoms with Crippen LogP contribution >= 0.6 is 0 Å². The maximum Gasteiger partial charge on any atom is 0.301 e. The zero-order valence-corrected chi connectivity index (χ0v) is 18.4. The molecule has 1 aliphatic rings. The molecule has 1 fully saturated rings. The number of benzene rings is 1. The first-order chi connectivity index (χ1) is 14.8. The quantitative estimate of drug-likeness (QED) is 0.518. The first-order valence-corrected chi connectivity index (χ1v) is 11.4. The molecular weight excluding hydrogens is 418 g/mol. The third-order valence-electron chi connectivity index (χ3n) is 5.26. The van der Waals surface area contributed by atoms with E-state index in [1.54, 1.807) is 17.9 Å². The number of rotatable bonds is 8. The van der Waals surface area contributed by atoms with Gasteiger partial charge in [0, 0.05) is 42.9 Å². The lowest BCUT2D eigenvalue weighted by Crippen LogP contribution is -2.40. The Morgan fingerprint density at radius 1 is 1.32 bits per heavy atom. The predicted molar refractivity (Wildman–Crippen MR) is 118 cm³/mol. The maximum absolute atomic E-state index is 12.2. The Morgan fingerprint density at radius 3 is 2.81 bits per heavy atom. The molecule has 0 unspecified atom stereocenters. The molecule has 0 radical (unpaired) electrons. The lowest BCUT2D eigenvalue weighted by atomic mass is 10.2. The number of ether oxygens (including phenoxy) is 1. The number of methoxy groups -OCH3 is 1. The fourth-order valence-electron chi connectivity index (χ4n) is 3.47. The summed E-state index contributed by atoms with van der Waals surface area (Å²) in [6.07, 6.45) is 6.73. The Bertz CT molecular complexity index is 1270. The zero-order chi connectivity index (χ0) is 22.2. The number of hydrogen-bond donors (Lipinski definition) is 2. The van der Waals surface area contributed by atoms with Crippen molar-refractivity contribution in [1.82, 2.24) is 23.8 Å². The Kier molecular flexibility index (Phi) is 5.59. The van der Waals surface area contributed by atoms with Crippen LogP contribution in [0.25, 0.3) is 22.8 Å². The van der Waals surface area contributed by atoms with E-state index in [0.717, 1.165) is 35.3 Å². The molecule has 31 heavy (non-hydrogen) atoms. The molecule has 0 aliphatic heterocycles. The number of carbonyl (C=O) groups excluding carboxylic acids is 1. The van der Waals surface area contributed by atoms with Crippen molar-refractivity contribution < 1.29 is 17.9 Å². The van der Waals surface area contributed by atoms with Crippen LogP contribution in [0.2, 0.25) is 0 Å². The molecule has 3 aromatic rings. The predicted octanol–water partition coefficient (Wildman–Crippen LogP) is 2.05. The molecule has 4 rings (SSSR count). The first-order valence-electron chi connectivity index (χ1n) is 9.96. The third-order valence-corrected chi connectivity index (χ3v) is 6.28. The van der Waals surface area contributed by atoms with Gasteiger partial charge in [0.25, 0.3) is 5.91 Å². The van der Waals surface area contributed by atoms with Crippen LogP contribution in [0.1, 0.15) is 24.1 Å². The highest BCUT2D eigenvalue weighted by Gasteiger charge is 2.24. The van der Waals surface area contributed by atoms with Gasteiger partial charge in [0.05, 0.1) is 18.3 Å². The van der Waals surface area contributed by atoms with Gasteiger partial charge >= 0.3 is 10.2 Å². The topological polar surface area (TPSA) is 107 Å². The van der Waals surface area contributed by atoms with E-state index in [9.17, 15) is 13.2 Å². The van der Waals surface area contributed by atoms with E-state index in [1.807, 2.05) is 53.7 Å². The molecule has 1 aliphatic carbocycles. The molecule has 10 heteroatoms. The standard InChI is InChI=1S/C21H25N5O4S/c1-14-18(8-9-20(27)24-31(28,29)22-13-15-4-5-15)21(25(2)23-14)26-11-10-16-6-7-17(30-3)12-19(16)26/h6-12,15,22H,4-5,13H2,1-3H3,(H,24,27). The molecule has 0 atom stereocenters. The van der Waals surface area contributed by atoms with Crippen LogP contribution in [-0.2, 0) is 22.1 Å². The highest BCUT2D eigenvalue weighted by Crippen LogP contribution is 2.28. The summed E-state index contributed by atoms with van der Waals surface area (Å²) >= 11 is 0. The van der Waals surface area contributed by atoms with Gasteiger partial charge in [-0.25, -0.2) is 4.72 Å². The van der Waals surface area contributed by atoms with Crippen LogP contribution in [0.15, 0.2) is 36.5 Å². The normalized spacial score (nSPS) is 14.4. The van der Waals surface area contributed by atoms with E-state index in [-0.39, 0.29) is 0 Å². The van der Waals surface area contributed by atoms with E-state index in [4.69, 9.17) is 4.74 Å². The fourth-order valence-corrected chi connectivity index (χ4v) is 4.33. The highest BCUT2D eigenvalue weighted by molar-refractivity contribution is 7.88. The number of amides is 1. The lowest BCUT2D eigenvalue weighted by Gasteiger charge is -2.09. The summed E-state index contributed by atoms with van der Waals surface area (Å²) in [5, 5.41) is 5.50. The van der Waals surface area contributed by atoms with Gasteiger partial charge in [0.15, 0.2) is 0 Å². The molecule has 164 valence electrons. The average Bonchev–Trinajstić information content (AvgIpc) is 3.40. The van der Waals surface area contributed by atoms with Gasteiger partial charge in [0.1, 0.15) is 11.6 Å². The van der Waals surface area contributed by atoms with Crippen molar-refractivity contribution in [2.24, 2.45) is 13.0 Å². The van der Waals surface area contributed by atoms with Gasteiger partial charge in [-0.05, 0) is 50.0 Å². The largest absolute Gasteiger partial charge is 0.497 e. The van der Waals surface area contributed by atoms with Crippen LogP contribution in [0.4, 0.5) is 0 Å². The van der Waals surface area contributed by atoms with Gasteiger partial charge in [-0.3, -0.25) is 9.48 Å². The lowest BCUT2D eigenvalue weighted by molar-refractivity contribution is -0.114. The maximum atomic E-state index is 12.2. The Morgan fingerprint density at radius 2 is 2.10 bits per heavy atom. The summed E-state index contributed by atoms with van der Waals surface area (Å²) in [5.74, 6) is 1.13. The van der Waals surface area contributed by atoms with Crippen molar-refractivity contribution in [1.29, 1.82) is 0 Å². The number of aromatic nitrogens is 3. The summed E-state index contributed by atoms with van der Waals surface area (Å²) in [6, 6.07) is 7.77. The molecule has 1 amide bonds. The van der Waals surface area contributed by atoms with Gasteiger partial charge in [-0.15, -0.1) is 0 Å². The molecule has 0 saturated heterocycles. The summed E-state index contributed by atoms with van der Waals surface area (Å²) in [5.41, 5.74) is 2.34. The number of nitrogens with zero attached hydrogens (tertiary/aromatic N) is 3. The minimum atomic E-state index is -3.88. The van der Waals surface area contributed by atoms with E-state index in [1.165, 1.54) is 6.08 Å². The van der Waals surface area contributed by atoms with Crippen LogP contribution in [0.5, 0.6) is 5.75 Å².